The number of carbonyl (C=O) groups excluding carboxylic acids is 1. The molecule has 6 heteroatoms. The van der Waals surface area contributed by atoms with Crippen molar-refractivity contribution in [2.24, 2.45) is 0 Å². The van der Waals surface area contributed by atoms with Crippen molar-refractivity contribution in [2.75, 3.05) is 19.6 Å². The van der Waals surface area contributed by atoms with E-state index < -0.39 is 0 Å². The molecule has 4 rings (SSSR count). The number of aromatic nitrogens is 2. The van der Waals surface area contributed by atoms with E-state index in [1.165, 1.54) is 18.4 Å². The number of benzene rings is 2. The third kappa shape index (κ3) is 5.33. The van der Waals surface area contributed by atoms with Crippen LogP contribution in [0.15, 0.2) is 65.2 Å². The summed E-state index contributed by atoms with van der Waals surface area (Å²) in [7, 11) is 0. The van der Waals surface area contributed by atoms with Gasteiger partial charge in [-0.25, -0.2) is 0 Å². The van der Waals surface area contributed by atoms with E-state index >= 15 is 0 Å². The quantitative estimate of drug-likeness (QED) is 0.583. The molecule has 3 aromatic rings. The summed E-state index contributed by atoms with van der Waals surface area (Å²) in [4.78, 5) is 19.3. The van der Waals surface area contributed by atoms with Crippen molar-refractivity contribution < 1.29 is 9.32 Å². The van der Waals surface area contributed by atoms with Crippen molar-refractivity contribution in [1.29, 1.82) is 0 Å². The van der Waals surface area contributed by atoms with Crippen LogP contribution in [0.4, 0.5) is 0 Å². The van der Waals surface area contributed by atoms with Crippen LogP contribution in [0.5, 0.6) is 0 Å². The highest BCUT2D eigenvalue weighted by atomic mass is 16.5. The van der Waals surface area contributed by atoms with Crippen LogP contribution >= 0.6 is 0 Å². The number of rotatable bonds is 9. The van der Waals surface area contributed by atoms with Crippen molar-refractivity contribution >= 4 is 5.91 Å². The Labute approximate surface area is 177 Å². The highest BCUT2D eigenvalue weighted by Gasteiger charge is 2.23. The second kappa shape index (κ2) is 10.2. The number of hydrogen-bond acceptors (Lipinski definition) is 5. The van der Waals surface area contributed by atoms with Gasteiger partial charge in [0.25, 0.3) is 0 Å². The summed E-state index contributed by atoms with van der Waals surface area (Å²) in [6, 6.07) is 20.4. The largest absolute Gasteiger partial charge is 0.354 e. The maximum atomic E-state index is 12.4. The molecule has 1 unspecified atom stereocenters. The van der Waals surface area contributed by atoms with Gasteiger partial charge < -0.3 is 9.84 Å². The molecule has 156 valence electrons. The summed E-state index contributed by atoms with van der Waals surface area (Å²) in [6.45, 7) is 2.83. The Morgan fingerprint density at radius 3 is 2.47 bits per heavy atom. The summed E-state index contributed by atoms with van der Waals surface area (Å²) in [5.74, 6) is 1.23. The molecule has 1 aromatic heterocycles. The van der Waals surface area contributed by atoms with Crippen molar-refractivity contribution in [3.05, 3.63) is 72.1 Å². The third-order valence-electron chi connectivity index (χ3n) is 5.55. The van der Waals surface area contributed by atoms with Gasteiger partial charge in [-0.1, -0.05) is 65.8 Å². The first-order valence-electron chi connectivity index (χ1n) is 10.7. The molecule has 0 saturated carbocycles. The van der Waals surface area contributed by atoms with Gasteiger partial charge in [-0.15, -0.1) is 0 Å². The average molecular weight is 405 g/mol. The van der Waals surface area contributed by atoms with Crippen LogP contribution in [0.25, 0.3) is 11.4 Å². The van der Waals surface area contributed by atoms with E-state index in [9.17, 15) is 4.79 Å². The van der Waals surface area contributed by atoms with Gasteiger partial charge in [0.05, 0.1) is 6.04 Å². The highest BCUT2D eigenvalue weighted by Crippen LogP contribution is 2.24. The smallest absolute Gasteiger partial charge is 0.226 e. The van der Waals surface area contributed by atoms with Gasteiger partial charge >= 0.3 is 0 Å². The Kier molecular flexibility index (Phi) is 6.87. The molecule has 1 saturated heterocycles. The van der Waals surface area contributed by atoms with Gasteiger partial charge in [-0.2, -0.15) is 4.98 Å². The van der Waals surface area contributed by atoms with Crippen molar-refractivity contribution in [2.45, 2.75) is 38.1 Å². The van der Waals surface area contributed by atoms with E-state index in [-0.39, 0.29) is 11.9 Å². The van der Waals surface area contributed by atoms with Crippen LogP contribution in [-0.4, -0.2) is 40.6 Å². The zero-order valence-corrected chi connectivity index (χ0v) is 17.2. The number of nitrogens with zero attached hydrogens (tertiary/aromatic N) is 3. The number of carbonyl (C=O) groups is 1. The number of aryl methyl sites for hydroxylation is 1. The van der Waals surface area contributed by atoms with E-state index in [2.05, 4.69) is 44.6 Å². The molecule has 0 spiro atoms. The van der Waals surface area contributed by atoms with E-state index in [0.29, 0.717) is 37.5 Å². The average Bonchev–Trinajstić information content (AvgIpc) is 3.48. The molecule has 0 radical (unpaired) electrons. The Balaban J connectivity index is 1.25. The highest BCUT2D eigenvalue weighted by molar-refractivity contribution is 5.75. The van der Waals surface area contributed by atoms with Crippen molar-refractivity contribution in [3.63, 3.8) is 0 Å². The number of likely N-dealkylation sites (tertiary alicyclic amines) is 1. The van der Waals surface area contributed by atoms with Gasteiger partial charge in [0.1, 0.15) is 0 Å². The van der Waals surface area contributed by atoms with Crippen molar-refractivity contribution in [1.82, 2.24) is 20.4 Å². The Morgan fingerprint density at radius 1 is 1.03 bits per heavy atom. The SMILES string of the molecule is O=C(CCCc1nc(-c2ccccc2)no1)NCC(c1ccccc1)N1CCCC1. The van der Waals surface area contributed by atoms with Crippen molar-refractivity contribution in [3.8, 4) is 11.4 Å². The Bertz CT molecular complexity index is 921. The minimum absolute atomic E-state index is 0.0675. The fourth-order valence-corrected chi connectivity index (χ4v) is 3.95. The zero-order chi connectivity index (χ0) is 20.6. The molecular formula is C24H28N4O2. The summed E-state index contributed by atoms with van der Waals surface area (Å²) in [5.41, 5.74) is 2.19. The molecule has 0 aliphatic carbocycles. The standard InChI is InChI=1S/C24H28N4O2/c29-22(14-9-15-23-26-24(27-30-23)20-12-5-2-6-13-20)25-18-21(28-16-7-8-17-28)19-10-3-1-4-11-19/h1-6,10-13,21H,7-9,14-18H2,(H,25,29). The van der Waals surface area contributed by atoms with Gasteiger partial charge in [-0.05, 0) is 37.9 Å². The van der Waals surface area contributed by atoms with Crippen LogP contribution in [0.1, 0.15) is 43.2 Å². The normalized spacial score (nSPS) is 15.2. The maximum absolute atomic E-state index is 12.4. The number of nitrogens with one attached hydrogen (secondary N) is 1. The minimum atomic E-state index is 0.0675. The van der Waals surface area contributed by atoms with Gasteiger partial charge in [-0.3, -0.25) is 9.69 Å². The summed E-state index contributed by atoms with van der Waals surface area (Å²) < 4.78 is 5.32. The lowest BCUT2D eigenvalue weighted by molar-refractivity contribution is -0.121. The number of hydrogen-bond donors (Lipinski definition) is 1. The third-order valence-corrected chi connectivity index (χ3v) is 5.55. The molecule has 1 N–H and O–H groups in total. The molecule has 6 nitrogen and oxygen atoms in total. The fraction of sp³-hybridized carbons (Fsp3) is 0.375. The maximum Gasteiger partial charge on any atom is 0.226 e. The lowest BCUT2D eigenvalue weighted by Gasteiger charge is -2.28. The van der Waals surface area contributed by atoms with Crippen LogP contribution in [0.3, 0.4) is 0 Å². The fourth-order valence-electron chi connectivity index (χ4n) is 3.95. The predicted octanol–water partition coefficient (Wildman–Crippen LogP) is 4.01. The first kappa shape index (κ1) is 20.3. The van der Waals surface area contributed by atoms with E-state index in [0.717, 1.165) is 18.7 Å². The summed E-state index contributed by atoms with van der Waals surface area (Å²) in [6.07, 6.45) is 4.19. The number of amides is 1. The van der Waals surface area contributed by atoms with Crippen LogP contribution < -0.4 is 5.32 Å². The topological polar surface area (TPSA) is 71.3 Å². The lowest BCUT2D eigenvalue weighted by atomic mass is 10.1. The molecule has 2 aromatic carbocycles. The van der Waals surface area contributed by atoms with Gasteiger partial charge in [0.2, 0.25) is 17.6 Å². The molecule has 1 fully saturated rings. The Hall–Kier alpha value is -2.99. The molecular weight excluding hydrogens is 376 g/mol. The molecule has 0 bridgehead atoms. The first-order valence-corrected chi connectivity index (χ1v) is 10.7. The zero-order valence-electron chi connectivity index (χ0n) is 17.2. The van der Waals surface area contributed by atoms with Crippen LogP contribution in [0.2, 0.25) is 0 Å². The molecule has 1 aliphatic heterocycles. The van der Waals surface area contributed by atoms with E-state index in [1.807, 2.05) is 36.4 Å². The van der Waals surface area contributed by atoms with E-state index in [1.54, 1.807) is 0 Å². The monoisotopic (exact) mass is 404 g/mol. The van der Waals surface area contributed by atoms with Gasteiger partial charge in [0.15, 0.2) is 0 Å². The van der Waals surface area contributed by atoms with Crippen LogP contribution in [0, 0.1) is 0 Å². The second-order valence-electron chi connectivity index (χ2n) is 7.70. The summed E-state index contributed by atoms with van der Waals surface area (Å²) in [5, 5.41) is 7.16. The van der Waals surface area contributed by atoms with Gasteiger partial charge in [0, 0.05) is 24.9 Å². The second-order valence-corrected chi connectivity index (χ2v) is 7.70. The van der Waals surface area contributed by atoms with Crippen LogP contribution in [-0.2, 0) is 11.2 Å². The molecule has 1 atom stereocenters. The van der Waals surface area contributed by atoms with E-state index in [4.69, 9.17) is 4.52 Å². The molecule has 2 heterocycles. The molecule has 1 amide bonds. The lowest BCUT2D eigenvalue weighted by Crippen LogP contribution is -2.36. The predicted molar refractivity (Wildman–Crippen MR) is 116 cm³/mol. The first-order chi connectivity index (χ1) is 14.8. The Morgan fingerprint density at radius 2 is 1.73 bits per heavy atom. The molecule has 1 aliphatic rings. The molecule has 30 heavy (non-hydrogen) atoms. The summed E-state index contributed by atoms with van der Waals surface area (Å²) >= 11 is 0. The minimum Gasteiger partial charge on any atom is -0.354 e.